The molecule has 13 heteroatoms. The predicted octanol–water partition coefficient (Wildman–Crippen LogP) is 6.20. The van der Waals surface area contributed by atoms with Crippen molar-refractivity contribution in [3.63, 3.8) is 0 Å². The first-order valence-electron chi connectivity index (χ1n) is 16.2. The fraction of sp³-hybridized carbons (Fsp3) is 0.429. The van der Waals surface area contributed by atoms with Crippen molar-refractivity contribution in [1.82, 2.24) is 19.8 Å². The van der Waals surface area contributed by atoms with Crippen LogP contribution in [0.15, 0.2) is 36.9 Å². The zero-order valence-corrected chi connectivity index (χ0v) is 27.6. The van der Waals surface area contributed by atoms with E-state index in [9.17, 15) is 18.8 Å². The van der Waals surface area contributed by atoms with Crippen molar-refractivity contribution in [1.29, 1.82) is 5.26 Å². The van der Waals surface area contributed by atoms with Crippen molar-refractivity contribution in [3.8, 4) is 23.2 Å². The number of rotatable bonds is 8. The summed E-state index contributed by atoms with van der Waals surface area (Å²) in [5.41, 5.74) is 6.10. The van der Waals surface area contributed by atoms with Crippen LogP contribution in [0.4, 0.5) is 24.0 Å². The maximum Gasteiger partial charge on any atom is 0.319 e. The van der Waals surface area contributed by atoms with Gasteiger partial charge < -0.3 is 20.3 Å². The number of likely N-dealkylation sites (N-methyl/N-ethyl adjacent to an activating group) is 1. The maximum absolute atomic E-state index is 16.9. The Morgan fingerprint density at radius 3 is 2.81 bits per heavy atom. The van der Waals surface area contributed by atoms with Gasteiger partial charge in [0.05, 0.1) is 27.9 Å². The van der Waals surface area contributed by atoms with Crippen LogP contribution >= 0.6 is 11.3 Å². The molecule has 2 N–H and O–H groups in total. The molecule has 4 aromatic rings. The molecule has 2 aromatic heterocycles. The number of hydrogen-bond donors (Lipinski definition) is 1. The number of nitrogens with zero attached hydrogens (tertiary/aromatic N) is 6. The average Bonchev–Trinajstić information content (AvgIpc) is 3.84. The number of alkyl halides is 1. The molecule has 1 amide bonds. The van der Waals surface area contributed by atoms with E-state index < -0.39 is 23.3 Å². The fourth-order valence-electron chi connectivity index (χ4n) is 8.17. The van der Waals surface area contributed by atoms with Crippen molar-refractivity contribution < 1.29 is 22.7 Å². The summed E-state index contributed by atoms with van der Waals surface area (Å²) in [6.07, 6.45) is 3.79. The highest BCUT2D eigenvalue weighted by atomic mass is 32.1. The smallest absolute Gasteiger partial charge is 0.319 e. The lowest BCUT2D eigenvalue weighted by Crippen LogP contribution is -2.45. The number of hydrogen-bond acceptors (Lipinski definition) is 9. The molecular weight excluding hydrogens is 639 g/mol. The summed E-state index contributed by atoms with van der Waals surface area (Å²) in [5, 5.41) is 10.7. The Labute approximate surface area is 280 Å². The molecule has 0 saturated carbocycles. The van der Waals surface area contributed by atoms with Gasteiger partial charge in [0.2, 0.25) is 5.91 Å². The monoisotopic (exact) mass is 675 g/mol. The van der Waals surface area contributed by atoms with Crippen molar-refractivity contribution in [2.24, 2.45) is 0 Å². The van der Waals surface area contributed by atoms with Gasteiger partial charge in [-0.2, -0.15) is 15.2 Å². The number of fused-ring (bicyclic) bond motifs is 3. The number of carbonyl (C=O) groups is 1. The first-order chi connectivity index (χ1) is 23.1. The number of nitrogen functional groups attached to an aromatic ring is 1. The first kappa shape index (κ1) is 32.2. The summed E-state index contributed by atoms with van der Waals surface area (Å²) >= 11 is 0.944. The Morgan fingerprint density at radius 1 is 1.27 bits per heavy atom. The molecule has 5 heterocycles. The van der Waals surface area contributed by atoms with E-state index in [-0.39, 0.29) is 62.3 Å². The Morgan fingerprint density at radius 2 is 2.06 bits per heavy atom. The molecule has 0 bridgehead atoms. The number of thiophene rings is 1. The number of nitriles is 1. The second-order valence-corrected chi connectivity index (χ2v) is 14.0. The lowest BCUT2D eigenvalue weighted by molar-refractivity contribution is -0.126. The van der Waals surface area contributed by atoms with Gasteiger partial charge in [-0.15, -0.1) is 11.3 Å². The van der Waals surface area contributed by atoms with E-state index in [1.165, 1.54) is 18.2 Å². The Kier molecular flexibility index (Phi) is 8.20. The third-order valence-corrected chi connectivity index (χ3v) is 11.5. The Balaban J connectivity index is 1.36. The number of benzene rings is 2. The minimum absolute atomic E-state index is 0.0147. The van der Waals surface area contributed by atoms with Gasteiger partial charge in [-0.25, -0.2) is 13.2 Å². The largest absolute Gasteiger partial charge is 0.461 e. The molecule has 3 fully saturated rings. The van der Waals surface area contributed by atoms with Crippen LogP contribution < -0.4 is 15.4 Å². The molecule has 7 rings (SSSR count). The summed E-state index contributed by atoms with van der Waals surface area (Å²) in [6, 6.07) is 7.70. The third-order valence-electron chi connectivity index (χ3n) is 10.4. The molecule has 3 aliphatic rings. The minimum atomic E-state index is -0.945. The zero-order chi connectivity index (χ0) is 33.9. The topological polar surface area (TPSA) is 112 Å². The van der Waals surface area contributed by atoms with E-state index in [1.807, 2.05) is 24.9 Å². The Bertz CT molecular complexity index is 2000. The van der Waals surface area contributed by atoms with Crippen molar-refractivity contribution in [3.05, 3.63) is 54.1 Å². The van der Waals surface area contributed by atoms with Crippen LogP contribution in [0.1, 0.15) is 44.6 Å². The predicted molar refractivity (Wildman–Crippen MR) is 181 cm³/mol. The van der Waals surface area contributed by atoms with Gasteiger partial charge >= 0.3 is 6.01 Å². The number of nitrogens with two attached hydrogens (primary N) is 1. The summed E-state index contributed by atoms with van der Waals surface area (Å²) in [7, 11) is 1.87. The van der Waals surface area contributed by atoms with Crippen LogP contribution in [0.2, 0.25) is 0 Å². The van der Waals surface area contributed by atoms with Crippen LogP contribution in [0.3, 0.4) is 0 Å². The van der Waals surface area contributed by atoms with E-state index in [0.29, 0.717) is 49.1 Å². The minimum Gasteiger partial charge on any atom is -0.461 e. The van der Waals surface area contributed by atoms with Gasteiger partial charge in [0.15, 0.2) is 5.82 Å². The molecule has 2 aromatic carbocycles. The van der Waals surface area contributed by atoms with Crippen LogP contribution in [0.5, 0.6) is 6.01 Å². The van der Waals surface area contributed by atoms with Crippen molar-refractivity contribution in [2.45, 2.75) is 62.8 Å². The van der Waals surface area contributed by atoms with Crippen molar-refractivity contribution in [2.75, 3.05) is 43.9 Å². The summed E-state index contributed by atoms with van der Waals surface area (Å²) < 4.78 is 52.7. The quantitative estimate of drug-likeness (QED) is 0.220. The number of amides is 1. The molecule has 0 spiro atoms. The highest BCUT2D eigenvalue weighted by molar-refractivity contribution is 7.23. The van der Waals surface area contributed by atoms with Gasteiger partial charge in [-0.1, -0.05) is 25.6 Å². The maximum atomic E-state index is 16.9. The highest BCUT2D eigenvalue weighted by Gasteiger charge is 2.49. The van der Waals surface area contributed by atoms with Gasteiger partial charge in [0.25, 0.3) is 0 Å². The molecule has 3 saturated heterocycles. The molecule has 9 nitrogen and oxygen atoms in total. The van der Waals surface area contributed by atoms with Crippen molar-refractivity contribution >= 4 is 49.1 Å². The van der Waals surface area contributed by atoms with Gasteiger partial charge in [0.1, 0.15) is 41.0 Å². The molecular formula is C35H36F3N7O2S. The number of anilines is 2. The number of aromatic nitrogens is 2. The molecule has 0 radical (unpaired) electrons. The van der Waals surface area contributed by atoms with Crippen LogP contribution in [0, 0.1) is 23.0 Å². The first-order valence-corrected chi connectivity index (χ1v) is 17.0. The Hall–Kier alpha value is -4.41. The molecule has 0 unspecified atom stereocenters. The second-order valence-electron chi connectivity index (χ2n) is 12.9. The van der Waals surface area contributed by atoms with E-state index in [0.717, 1.165) is 30.7 Å². The van der Waals surface area contributed by atoms with E-state index in [1.54, 1.807) is 17.0 Å². The molecule has 250 valence electrons. The van der Waals surface area contributed by atoms with Crippen LogP contribution in [0.25, 0.3) is 32.1 Å². The van der Waals surface area contributed by atoms with E-state index in [4.69, 9.17) is 15.5 Å². The van der Waals surface area contributed by atoms with E-state index >= 15 is 4.39 Å². The SMILES string of the molecule is C=CC(=O)N1CC[C@@H](N(C)c2nc(OC[C@@]34CCCN3C[C@H](F)C4)nc3c(F)c(-c4ccc(F)c5sc(N)c(C#N)c45)ccc23)[C@H]1CC. The highest BCUT2D eigenvalue weighted by Crippen LogP contribution is 2.44. The second kappa shape index (κ2) is 12.2. The molecule has 4 atom stereocenters. The van der Waals surface area contributed by atoms with Gasteiger partial charge in [-0.05, 0) is 56.0 Å². The number of likely N-dealkylation sites (tertiary alicyclic amines) is 1. The molecule has 3 aliphatic heterocycles. The zero-order valence-electron chi connectivity index (χ0n) is 26.8. The van der Waals surface area contributed by atoms with Crippen LogP contribution in [-0.4, -0.2) is 82.8 Å². The number of halogens is 3. The molecule has 0 aliphatic carbocycles. The van der Waals surface area contributed by atoms with Crippen LogP contribution in [-0.2, 0) is 4.79 Å². The van der Waals surface area contributed by atoms with E-state index in [2.05, 4.69) is 16.5 Å². The third kappa shape index (κ3) is 5.04. The fourth-order valence-corrected chi connectivity index (χ4v) is 9.12. The summed E-state index contributed by atoms with van der Waals surface area (Å²) in [6.45, 7) is 7.52. The lowest BCUT2D eigenvalue weighted by atomic mass is 9.95. The van der Waals surface area contributed by atoms with Gasteiger partial charge in [0, 0.05) is 42.9 Å². The lowest BCUT2D eigenvalue weighted by Gasteiger charge is -2.34. The summed E-state index contributed by atoms with van der Waals surface area (Å²) in [4.78, 5) is 27.9. The number of carbonyl (C=O) groups excluding carboxylic acids is 1. The van der Waals surface area contributed by atoms with Gasteiger partial charge in [-0.3, -0.25) is 9.69 Å². The summed E-state index contributed by atoms with van der Waals surface area (Å²) in [5.74, 6) is -0.967. The average molecular weight is 676 g/mol. The number of ether oxygens (including phenoxy) is 1. The molecule has 48 heavy (non-hydrogen) atoms. The standard InChI is InChI=1S/C35H36F3N7O2S/c1-4-25-26(11-14-45(25)27(46)5-2)43(3)33-22-8-7-21(20-9-10-24(37)31-28(20)23(16-39)32(40)48-31)29(38)30(22)41-34(42-33)47-18-35-12-6-13-44(35)17-19(36)15-35/h5,7-10,19,25-26H,2,4,6,11-15,17-18,40H2,1,3H3/t19-,25-,26-,35+/m1/s1. The normalized spacial score (nSPS) is 23.9.